The van der Waals surface area contributed by atoms with Crippen molar-refractivity contribution in [3.63, 3.8) is 0 Å². The van der Waals surface area contributed by atoms with Gasteiger partial charge in [0.05, 0.1) is 5.25 Å². The molecule has 0 spiro atoms. The standard InChI is InChI=1S/C9H20N2O2S/c1-8-4-5-11(7-8)14(12,13)9(2)6-10-3/h8-10H,4-7H2,1-3H3. The first-order valence-corrected chi connectivity index (χ1v) is 6.62. The van der Waals surface area contributed by atoms with E-state index in [9.17, 15) is 8.42 Å². The van der Waals surface area contributed by atoms with Crippen molar-refractivity contribution in [3.05, 3.63) is 0 Å². The van der Waals surface area contributed by atoms with Crippen LogP contribution in [0.25, 0.3) is 0 Å². The first kappa shape index (κ1) is 11.9. The average Bonchev–Trinajstić information content (AvgIpc) is 2.52. The molecule has 0 aromatic carbocycles. The van der Waals surface area contributed by atoms with E-state index < -0.39 is 10.0 Å². The Labute approximate surface area is 86.7 Å². The molecule has 0 radical (unpaired) electrons. The second-order valence-electron chi connectivity index (χ2n) is 4.17. The maximum Gasteiger partial charge on any atom is 0.217 e. The first-order valence-electron chi connectivity index (χ1n) is 5.12. The van der Waals surface area contributed by atoms with Gasteiger partial charge in [-0.25, -0.2) is 12.7 Å². The molecule has 0 saturated carbocycles. The van der Waals surface area contributed by atoms with E-state index in [4.69, 9.17) is 0 Å². The molecule has 84 valence electrons. The Morgan fingerprint density at radius 2 is 2.21 bits per heavy atom. The fraction of sp³-hybridized carbons (Fsp3) is 1.00. The quantitative estimate of drug-likeness (QED) is 0.739. The van der Waals surface area contributed by atoms with Crippen molar-refractivity contribution in [2.45, 2.75) is 25.5 Å². The molecule has 4 nitrogen and oxygen atoms in total. The maximum absolute atomic E-state index is 12.0. The van der Waals surface area contributed by atoms with E-state index in [0.717, 1.165) is 6.42 Å². The highest BCUT2D eigenvalue weighted by atomic mass is 32.2. The summed E-state index contributed by atoms with van der Waals surface area (Å²) in [6, 6.07) is 0. The number of rotatable bonds is 4. The number of nitrogens with zero attached hydrogens (tertiary/aromatic N) is 1. The second kappa shape index (κ2) is 4.59. The van der Waals surface area contributed by atoms with Gasteiger partial charge in [0.25, 0.3) is 0 Å². The van der Waals surface area contributed by atoms with Crippen molar-refractivity contribution in [3.8, 4) is 0 Å². The summed E-state index contributed by atoms with van der Waals surface area (Å²) in [5, 5.41) is 2.58. The van der Waals surface area contributed by atoms with Gasteiger partial charge in [0.2, 0.25) is 10.0 Å². The Hall–Kier alpha value is -0.130. The zero-order valence-corrected chi connectivity index (χ0v) is 9.97. The summed E-state index contributed by atoms with van der Waals surface area (Å²) >= 11 is 0. The smallest absolute Gasteiger partial charge is 0.217 e. The van der Waals surface area contributed by atoms with Crippen molar-refractivity contribution in [2.24, 2.45) is 5.92 Å². The minimum absolute atomic E-state index is 0.321. The summed E-state index contributed by atoms with van der Waals surface area (Å²) < 4.78 is 25.5. The van der Waals surface area contributed by atoms with Crippen LogP contribution < -0.4 is 5.32 Å². The molecule has 0 aliphatic carbocycles. The number of sulfonamides is 1. The van der Waals surface area contributed by atoms with Crippen LogP contribution in [-0.4, -0.2) is 44.7 Å². The highest BCUT2D eigenvalue weighted by Gasteiger charge is 2.32. The number of nitrogens with one attached hydrogen (secondary N) is 1. The molecule has 5 heteroatoms. The lowest BCUT2D eigenvalue weighted by Gasteiger charge is -2.21. The fourth-order valence-corrected chi connectivity index (χ4v) is 3.48. The summed E-state index contributed by atoms with van der Waals surface area (Å²) in [5.74, 6) is 0.506. The topological polar surface area (TPSA) is 49.4 Å². The Balaban J connectivity index is 2.65. The Morgan fingerprint density at radius 3 is 2.64 bits per heavy atom. The third-order valence-corrected chi connectivity index (χ3v) is 4.98. The van der Waals surface area contributed by atoms with Gasteiger partial charge in [-0.05, 0) is 26.3 Å². The van der Waals surface area contributed by atoms with Crippen LogP contribution in [0.4, 0.5) is 0 Å². The van der Waals surface area contributed by atoms with Crippen molar-refractivity contribution in [2.75, 3.05) is 26.7 Å². The molecule has 1 aliphatic rings. The lowest BCUT2D eigenvalue weighted by molar-refractivity contribution is 0.453. The highest BCUT2D eigenvalue weighted by Crippen LogP contribution is 2.20. The maximum atomic E-state index is 12.0. The van der Waals surface area contributed by atoms with E-state index in [0.29, 0.717) is 25.6 Å². The Kier molecular flexibility index (Phi) is 3.92. The third-order valence-electron chi connectivity index (χ3n) is 2.75. The van der Waals surface area contributed by atoms with Gasteiger partial charge in [-0.15, -0.1) is 0 Å². The third kappa shape index (κ3) is 2.46. The zero-order chi connectivity index (χ0) is 10.8. The van der Waals surface area contributed by atoms with E-state index in [-0.39, 0.29) is 5.25 Å². The van der Waals surface area contributed by atoms with Crippen molar-refractivity contribution in [1.29, 1.82) is 0 Å². The van der Waals surface area contributed by atoms with Crippen LogP contribution in [0.15, 0.2) is 0 Å². The second-order valence-corrected chi connectivity index (χ2v) is 6.52. The average molecular weight is 220 g/mol. The SMILES string of the molecule is CNCC(C)S(=O)(=O)N1CCC(C)C1. The monoisotopic (exact) mass is 220 g/mol. The van der Waals surface area contributed by atoms with E-state index in [2.05, 4.69) is 12.2 Å². The van der Waals surface area contributed by atoms with Crippen LogP contribution in [0, 0.1) is 5.92 Å². The molecule has 2 atom stereocenters. The molecule has 2 unspecified atom stereocenters. The molecule has 14 heavy (non-hydrogen) atoms. The normalized spacial score (nSPS) is 26.6. The van der Waals surface area contributed by atoms with E-state index >= 15 is 0 Å². The minimum atomic E-state index is -3.06. The molecule has 1 aliphatic heterocycles. The van der Waals surface area contributed by atoms with Crippen LogP contribution in [-0.2, 0) is 10.0 Å². The lowest BCUT2D eigenvalue weighted by atomic mass is 10.2. The Bertz CT molecular complexity index is 277. The molecule has 0 aromatic heterocycles. The molecule has 1 saturated heterocycles. The minimum Gasteiger partial charge on any atom is -0.318 e. The van der Waals surface area contributed by atoms with E-state index in [1.54, 1.807) is 18.3 Å². The lowest BCUT2D eigenvalue weighted by Crippen LogP contribution is -2.40. The molecular formula is C9H20N2O2S. The number of hydrogen-bond acceptors (Lipinski definition) is 3. The molecule has 0 bridgehead atoms. The van der Waals surface area contributed by atoms with Gasteiger partial charge in [-0.1, -0.05) is 6.92 Å². The zero-order valence-electron chi connectivity index (χ0n) is 9.16. The predicted molar refractivity (Wildman–Crippen MR) is 57.7 cm³/mol. The summed E-state index contributed by atoms with van der Waals surface area (Å²) in [6.45, 7) is 5.76. The fourth-order valence-electron chi connectivity index (χ4n) is 1.77. The van der Waals surface area contributed by atoms with Crippen molar-refractivity contribution >= 4 is 10.0 Å². The predicted octanol–water partition coefficient (Wildman–Crippen LogP) is 0.266. The largest absolute Gasteiger partial charge is 0.318 e. The van der Waals surface area contributed by atoms with Gasteiger partial charge >= 0.3 is 0 Å². The van der Waals surface area contributed by atoms with Crippen molar-refractivity contribution < 1.29 is 8.42 Å². The van der Waals surface area contributed by atoms with E-state index in [1.165, 1.54) is 0 Å². The van der Waals surface area contributed by atoms with Crippen LogP contribution in [0.5, 0.6) is 0 Å². The van der Waals surface area contributed by atoms with Gasteiger partial charge in [0.15, 0.2) is 0 Å². The van der Waals surface area contributed by atoms with Crippen LogP contribution >= 0.6 is 0 Å². The van der Waals surface area contributed by atoms with Crippen molar-refractivity contribution in [1.82, 2.24) is 9.62 Å². The highest BCUT2D eigenvalue weighted by molar-refractivity contribution is 7.89. The van der Waals surface area contributed by atoms with Crippen LogP contribution in [0.1, 0.15) is 20.3 Å². The summed E-state index contributed by atoms with van der Waals surface area (Å²) in [4.78, 5) is 0. The molecule has 1 heterocycles. The van der Waals surface area contributed by atoms with Gasteiger partial charge in [-0.3, -0.25) is 0 Å². The molecule has 1 N–H and O–H groups in total. The van der Waals surface area contributed by atoms with Crippen LogP contribution in [0.2, 0.25) is 0 Å². The summed E-state index contributed by atoms with van der Waals surface area (Å²) in [5.41, 5.74) is 0. The molecule has 0 aromatic rings. The summed E-state index contributed by atoms with van der Waals surface area (Å²) in [6.07, 6.45) is 0.992. The van der Waals surface area contributed by atoms with Gasteiger partial charge < -0.3 is 5.32 Å². The van der Waals surface area contributed by atoms with E-state index in [1.807, 2.05) is 0 Å². The molecule has 1 rings (SSSR count). The molecule has 0 amide bonds. The van der Waals surface area contributed by atoms with Gasteiger partial charge in [-0.2, -0.15) is 0 Å². The van der Waals surface area contributed by atoms with Gasteiger partial charge in [0.1, 0.15) is 0 Å². The van der Waals surface area contributed by atoms with Gasteiger partial charge in [0, 0.05) is 19.6 Å². The summed E-state index contributed by atoms with van der Waals surface area (Å²) in [7, 11) is -1.29. The first-order chi connectivity index (χ1) is 6.48. The molecule has 1 fully saturated rings. The molecular weight excluding hydrogens is 200 g/mol. The number of hydrogen-bond donors (Lipinski definition) is 1. The Morgan fingerprint density at radius 1 is 1.57 bits per heavy atom. The van der Waals surface area contributed by atoms with Crippen LogP contribution in [0.3, 0.4) is 0 Å².